The molecule has 1 aliphatic rings. The molecule has 1 atom stereocenters. The summed E-state index contributed by atoms with van der Waals surface area (Å²) in [4.78, 5) is 26.5. The van der Waals surface area contributed by atoms with Gasteiger partial charge in [0.15, 0.2) is 0 Å². The van der Waals surface area contributed by atoms with Crippen LogP contribution in [0.15, 0.2) is 42.5 Å². The van der Waals surface area contributed by atoms with Crippen LogP contribution in [-0.2, 0) is 9.59 Å². The molecule has 1 aliphatic heterocycles. The van der Waals surface area contributed by atoms with Crippen LogP contribution in [0.4, 0.5) is 11.4 Å². The Bertz CT molecular complexity index is 838. The van der Waals surface area contributed by atoms with Crippen molar-refractivity contribution in [3.63, 3.8) is 0 Å². The van der Waals surface area contributed by atoms with Crippen LogP contribution in [0, 0.1) is 5.92 Å². The lowest BCUT2D eigenvalue weighted by Crippen LogP contribution is -2.28. The van der Waals surface area contributed by atoms with Crippen LogP contribution in [0.3, 0.4) is 0 Å². The highest BCUT2D eigenvalue weighted by Crippen LogP contribution is 2.32. The summed E-state index contributed by atoms with van der Waals surface area (Å²) in [5.74, 6) is 0.564. The van der Waals surface area contributed by atoms with Gasteiger partial charge in [0.1, 0.15) is 11.5 Å². The third kappa shape index (κ3) is 4.34. The van der Waals surface area contributed by atoms with E-state index >= 15 is 0 Å². The van der Waals surface area contributed by atoms with Gasteiger partial charge in [-0.3, -0.25) is 9.59 Å². The van der Waals surface area contributed by atoms with Crippen LogP contribution in [0.25, 0.3) is 0 Å². The zero-order chi connectivity index (χ0) is 19.4. The Morgan fingerprint density at radius 1 is 1.26 bits per heavy atom. The number of halogens is 1. The van der Waals surface area contributed by atoms with E-state index in [4.69, 9.17) is 21.1 Å². The molecule has 0 spiro atoms. The maximum atomic E-state index is 12.5. The van der Waals surface area contributed by atoms with Gasteiger partial charge in [-0.2, -0.15) is 0 Å². The van der Waals surface area contributed by atoms with E-state index in [0.717, 1.165) is 5.75 Å². The van der Waals surface area contributed by atoms with E-state index in [1.54, 1.807) is 47.4 Å². The molecule has 7 heteroatoms. The molecule has 1 fully saturated rings. The second kappa shape index (κ2) is 8.31. The minimum absolute atomic E-state index is 0.108. The molecule has 1 unspecified atom stereocenters. The van der Waals surface area contributed by atoms with Crippen molar-refractivity contribution < 1.29 is 19.1 Å². The Hall–Kier alpha value is -2.73. The first-order valence-corrected chi connectivity index (χ1v) is 9.07. The number of carbonyl (C=O) groups excluding carboxylic acids is 2. The van der Waals surface area contributed by atoms with E-state index in [9.17, 15) is 9.59 Å². The summed E-state index contributed by atoms with van der Waals surface area (Å²) in [6, 6.07) is 12.3. The fourth-order valence-corrected chi connectivity index (χ4v) is 3.25. The minimum Gasteiger partial charge on any atom is -0.495 e. The average Bonchev–Trinajstić information content (AvgIpc) is 3.05. The topological polar surface area (TPSA) is 67.9 Å². The van der Waals surface area contributed by atoms with E-state index in [0.29, 0.717) is 35.3 Å². The van der Waals surface area contributed by atoms with E-state index < -0.39 is 5.92 Å². The summed E-state index contributed by atoms with van der Waals surface area (Å²) < 4.78 is 10.5. The van der Waals surface area contributed by atoms with Crippen LogP contribution in [0.5, 0.6) is 11.5 Å². The predicted molar refractivity (Wildman–Crippen MR) is 105 cm³/mol. The fraction of sp³-hybridized carbons (Fsp3) is 0.300. The Balaban J connectivity index is 1.65. The van der Waals surface area contributed by atoms with Gasteiger partial charge in [0, 0.05) is 24.3 Å². The molecule has 0 radical (unpaired) electrons. The molecule has 0 bridgehead atoms. The normalized spacial score (nSPS) is 16.3. The number of amides is 2. The predicted octanol–water partition coefficient (Wildman–Crippen LogP) is 3.74. The smallest absolute Gasteiger partial charge is 0.229 e. The largest absolute Gasteiger partial charge is 0.495 e. The standard InChI is InChI=1S/C20H21ClN2O4/c1-3-27-16-7-4-14(5-8-16)22-20(25)13-10-19(24)23(12-13)15-6-9-18(26-2)17(21)11-15/h4-9,11,13H,3,10,12H2,1-2H3,(H,22,25). The molecular formula is C20H21ClN2O4. The highest BCUT2D eigenvalue weighted by Gasteiger charge is 2.35. The first kappa shape index (κ1) is 19.0. The van der Waals surface area contributed by atoms with Gasteiger partial charge in [-0.25, -0.2) is 0 Å². The average molecular weight is 389 g/mol. The first-order valence-electron chi connectivity index (χ1n) is 8.69. The van der Waals surface area contributed by atoms with Gasteiger partial charge in [0.2, 0.25) is 11.8 Å². The molecular weight excluding hydrogens is 368 g/mol. The van der Waals surface area contributed by atoms with Crippen molar-refractivity contribution >= 4 is 34.8 Å². The minimum atomic E-state index is -0.426. The van der Waals surface area contributed by atoms with E-state index in [-0.39, 0.29) is 18.2 Å². The maximum absolute atomic E-state index is 12.5. The fourth-order valence-electron chi connectivity index (χ4n) is 3.00. The van der Waals surface area contributed by atoms with Gasteiger partial charge in [0.25, 0.3) is 0 Å². The van der Waals surface area contributed by atoms with Crippen LogP contribution in [0.2, 0.25) is 5.02 Å². The molecule has 27 heavy (non-hydrogen) atoms. The molecule has 3 rings (SSSR count). The van der Waals surface area contributed by atoms with Crippen LogP contribution in [-0.4, -0.2) is 32.1 Å². The van der Waals surface area contributed by atoms with Crippen molar-refractivity contribution in [3.05, 3.63) is 47.5 Å². The van der Waals surface area contributed by atoms with Crippen LogP contribution >= 0.6 is 11.6 Å². The molecule has 6 nitrogen and oxygen atoms in total. The third-order valence-electron chi connectivity index (χ3n) is 4.38. The highest BCUT2D eigenvalue weighted by atomic mass is 35.5. The lowest BCUT2D eigenvalue weighted by atomic mass is 10.1. The van der Waals surface area contributed by atoms with Crippen LogP contribution in [0.1, 0.15) is 13.3 Å². The summed E-state index contributed by atoms with van der Waals surface area (Å²) in [6.45, 7) is 2.81. The van der Waals surface area contributed by atoms with Gasteiger partial charge in [0.05, 0.1) is 24.7 Å². The summed E-state index contributed by atoms with van der Waals surface area (Å²) in [5.41, 5.74) is 1.32. The number of hydrogen-bond donors (Lipinski definition) is 1. The van der Waals surface area contributed by atoms with Gasteiger partial charge in [-0.15, -0.1) is 0 Å². The van der Waals surface area contributed by atoms with Crippen molar-refractivity contribution in [3.8, 4) is 11.5 Å². The Kier molecular flexibility index (Phi) is 5.86. The molecule has 1 saturated heterocycles. The molecule has 2 aromatic carbocycles. The SMILES string of the molecule is CCOc1ccc(NC(=O)C2CC(=O)N(c3ccc(OC)c(Cl)c3)C2)cc1. The highest BCUT2D eigenvalue weighted by molar-refractivity contribution is 6.32. The number of nitrogens with zero attached hydrogens (tertiary/aromatic N) is 1. The van der Waals surface area contributed by atoms with E-state index in [2.05, 4.69) is 5.32 Å². The van der Waals surface area contributed by atoms with Crippen molar-refractivity contribution in [2.24, 2.45) is 5.92 Å². The number of methoxy groups -OCH3 is 1. The molecule has 1 N–H and O–H groups in total. The van der Waals surface area contributed by atoms with Crippen LogP contribution < -0.4 is 19.7 Å². The third-order valence-corrected chi connectivity index (χ3v) is 4.67. The van der Waals surface area contributed by atoms with E-state index in [1.165, 1.54) is 7.11 Å². The van der Waals surface area contributed by atoms with Crippen molar-refractivity contribution in [2.75, 3.05) is 30.5 Å². The number of carbonyl (C=O) groups is 2. The lowest BCUT2D eigenvalue weighted by Gasteiger charge is -2.18. The summed E-state index contributed by atoms with van der Waals surface area (Å²) >= 11 is 6.14. The summed E-state index contributed by atoms with van der Waals surface area (Å²) in [5, 5.41) is 3.28. The quantitative estimate of drug-likeness (QED) is 0.818. The molecule has 2 aromatic rings. The first-order chi connectivity index (χ1) is 13.0. The summed E-state index contributed by atoms with van der Waals surface area (Å²) in [6.07, 6.45) is 0.159. The number of anilines is 2. The molecule has 0 aromatic heterocycles. The molecule has 142 valence electrons. The Morgan fingerprint density at radius 3 is 2.63 bits per heavy atom. The van der Waals surface area contributed by atoms with E-state index in [1.807, 2.05) is 6.92 Å². The Labute approximate surface area is 163 Å². The monoisotopic (exact) mass is 388 g/mol. The molecule has 2 amide bonds. The zero-order valence-corrected chi connectivity index (χ0v) is 16.0. The number of ether oxygens (including phenoxy) is 2. The van der Waals surface area contributed by atoms with Gasteiger partial charge >= 0.3 is 0 Å². The Morgan fingerprint density at radius 2 is 2.00 bits per heavy atom. The number of rotatable bonds is 6. The second-order valence-electron chi connectivity index (χ2n) is 6.17. The zero-order valence-electron chi connectivity index (χ0n) is 15.2. The van der Waals surface area contributed by atoms with Crippen molar-refractivity contribution in [1.82, 2.24) is 0 Å². The molecule has 0 saturated carbocycles. The number of nitrogens with one attached hydrogen (secondary N) is 1. The van der Waals surface area contributed by atoms with Gasteiger partial charge in [-0.1, -0.05) is 11.6 Å². The summed E-state index contributed by atoms with van der Waals surface area (Å²) in [7, 11) is 1.53. The molecule has 0 aliphatic carbocycles. The number of hydrogen-bond acceptors (Lipinski definition) is 4. The lowest BCUT2D eigenvalue weighted by molar-refractivity contribution is -0.122. The van der Waals surface area contributed by atoms with Crippen molar-refractivity contribution in [2.45, 2.75) is 13.3 Å². The molecule has 1 heterocycles. The van der Waals surface area contributed by atoms with Gasteiger partial charge < -0.3 is 19.7 Å². The second-order valence-corrected chi connectivity index (χ2v) is 6.58. The number of benzene rings is 2. The van der Waals surface area contributed by atoms with Gasteiger partial charge in [-0.05, 0) is 49.4 Å². The maximum Gasteiger partial charge on any atom is 0.229 e. The van der Waals surface area contributed by atoms with Crippen molar-refractivity contribution in [1.29, 1.82) is 0 Å².